The fraction of sp³-hybridized carbons (Fsp3) is 0.706. The number of hydrogen-bond acceptors (Lipinski definition) is 3. The summed E-state index contributed by atoms with van der Waals surface area (Å²) in [5, 5.41) is 8.06. The minimum Gasteiger partial charge on any atom is -0.383 e. The molecule has 0 saturated heterocycles. The van der Waals surface area contributed by atoms with Crippen molar-refractivity contribution in [1.29, 1.82) is 0 Å². The Morgan fingerprint density at radius 3 is 2.95 bits per heavy atom. The van der Waals surface area contributed by atoms with Crippen molar-refractivity contribution >= 4 is 0 Å². The molecule has 1 saturated carbocycles. The monoisotopic (exact) mass is 291 g/mol. The number of hydrogen-bond donors (Lipinski definition) is 1. The molecule has 1 aromatic heterocycles. The van der Waals surface area contributed by atoms with E-state index in [2.05, 4.69) is 34.4 Å². The van der Waals surface area contributed by atoms with E-state index in [1.807, 2.05) is 0 Å². The Hall–Kier alpha value is -1.13. The highest BCUT2D eigenvalue weighted by atomic mass is 16.5. The summed E-state index contributed by atoms with van der Waals surface area (Å²) < 4.78 is 7.18. The second-order valence-corrected chi connectivity index (χ2v) is 5.79. The highest BCUT2D eigenvalue weighted by molar-refractivity contribution is 5.05. The number of ether oxygens (including phenoxy) is 1. The van der Waals surface area contributed by atoms with Gasteiger partial charge in [-0.15, -0.1) is 0 Å². The Morgan fingerprint density at radius 1 is 1.29 bits per heavy atom. The second kappa shape index (κ2) is 9.74. The van der Waals surface area contributed by atoms with Crippen molar-refractivity contribution in [2.75, 3.05) is 26.8 Å². The van der Waals surface area contributed by atoms with Gasteiger partial charge in [-0.25, -0.2) is 0 Å². The molecule has 4 nitrogen and oxygen atoms in total. The van der Waals surface area contributed by atoms with Crippen LogP contribution >= 0.6 is 0 Å². The van der Waals surface area contributed by atoms with Crippen LogP contribution in [0.25, 0.3) is 0 Å². The quantitative estimate of drug-likeness (QED) is 0.561. The van der Waals surface area contributed by atoms with Crippen LogP contribution in [0.15, 0.2) is 24.4 Å². The summed E-state index contributed by atoms with van der Waals surface area (Å²) in [6.07, 6.45) is 15.3. The van der Waals surface area contributed by atoms with Gasteiger partial charge < -0.3 is 10.1 Å². The highest BCUT2D eigenvalue weighted by Gasteiger charge is 2.15. The van der Waals surface area contributed by atoms with Crippen LogP contribution in [0.5, 0.6) is 0 Å². The van der Waals surface area contributed by atoms with Crippen molar-refractivity contribution < 1.29 is 4.74 Å². The molecular formula is C17H29N3O. The van der Waals surface area contributed by atoms with Gasteiger partial charge in [0.25, 0.3) is 0 Å². The number of allylic oxidation sites excluding steroid dienone is 1. The lowest BCUT2D eigenvalue weighted by atomic mass is 9.96. The zero-order valence-electron chi connectivity index (χ0n) is 13.3. The summed E-state index contributed by atoms with van der Waals surface area (Å²) in [6, 6.07) is 2.80. The molecule has 0 aromatic carbocycles. The van der Waals surface area contributed by atoms with Crippen molar-refractivity contribution in [3.63, 3.8) is 0 Å². The predicted octanol–water partition coefficient (Wildman–Crippen LogP) is 3.11. The van der Waals surface area contributed by atoms with Gasteiger partial charge in [0, 0.05) is 26.3 Å². The highest BCUT2D eigenvalue weighted by Crippen LogP contribution is 2.27. The van der Waals surface area contributed by atoms with Gasteiger partial charge in [-0.3, -0.25) is 4.68 Å². The predicted molar refractivity (Wildman–Crippen MR) is 86.6 cm³/mol. The van der Waals surface area contributed by atoms with Gasteiger partial charge in [-0.2, -0.15) is 5.10 Å². The molecule has 21 heavy (non-hydrogen) atoms. The summed E-state index contributed by atoms with van der Waals surface area (Å²) in [7, 11) is 1.73. The molecule has 2 rings (SSSR count). The van der Waals surface area contributed by atoms with Crippen molar-refractivity contribution in [2.45, 2.75) is 51.0 Å². The van der Waals surface area contributed by atoms with Crippen LogP contribution in [-0.2, 0) is 11.2 Å². The molecule has 0 amide bonds. The first kappa shape index (κ1) is 16.2. The summed E-state index contributed by atoms with van der Waals surface area (Å²) >= 11 is 0. The van der Waals surface area contributed by atoms with E-state index in [4.69, 9.17) is 9.84 Å². The Kier molecular flexibility index (Phi) is 7.54. The fourth-order valence-electron chi connectivity index (χ4n) is 2.84. The minimum atomic E-state index is 0.640. The molecule has 0 atom stereocenters. The van der Waals surface area contributed by atoms with Gasteiger partial charge in [-0.05, 0) is 31.9 Å². The molecule has 0 unspecified atom stereocenters. The largest absolute Gasteiger partial charge is 0.383 e. The average molecular weight is 291 g/mol. The molecule has 4 heteroatoms. The normalized spacial score (nSPS) is 16.8. The van der Waals surface area contributed by atoms with Gasteiger partial charge in [-0.1, -0.05) is 31.4 Å². The van der Waals surface area contributed by atoms with E-state index < -0.39 is 0 Å². The van der Waals surface area contributed by atoms with E-state index in [-0.39, 0.29) is 0 Å². The maximum atomic E-state index is 4.99. The summed E-state index contributed by atoms with van der Waals surface area (Å²) in [4.78, 5) is 0. The molecule has 1 aliphatic rings. The van der Waals surface area contributed by atoms with Crippen LogP contribution in [0.4, 0.5) is 0 Å². The van der Waals surface area contributed by atoms with E-state index in [9.17, 15) is 0 Å². The number of nitrogens with zero attached hydrogens (tertiary/aromatic N) is 2. The molecule has 0 spiro atoms. The maximum absolute atomic E-state index is 4.99. The molecule has 0 aliphatic heterocycles. The molecule has 0 radical (unpaired) electrons. The van der Waals surface area contributed by atoms with Gasteiger partial charge >= 0.3 is 0 Å². The Morgan fingerprint density at radius 2 is 2.14 bits per heavy atom. The van der Waals surface area contributed by atoms with Gasteiger partial charge in [0.15, 0.2) is 0 Å². The number of nitrogens with one attached hydrogen (secondary N) is 1. The van der Waals surface area contributed by atoms with Crippen LogP contribution < -0.4 is 5.32 Å². The average Bonchev–Trinajstić information content (AvgIpc) is 3.00. The second-order valence-electron chi connectivity index (χ2n) is 5.79. The van der Waals surface area contributed by atoms with Crippen LogP contribution in [0.2, 0.25) is 0 Å². The lowest BCUT2D eigenvalue weighted by Gasteiger charge is -2.21. The maximum Gasteiger partial charge on any atom is 0.0662 e. The molecule has 0 bridgehead atoms. The molecule has 1 aromatic rings. The molecule has 1 aliphatic carbocycles. The first-order chi connectivity index (χ1) is 10.4. The smallest absolute Gasteiger partial charge is 0.0662 e. The number of methoxy groups -OCH3 is 1. The number of aromatic nitrogens is 2. The fourth-order valence-corrected chi connectivity index (χ4v) is 2.84. The summed E-state index contributed by atoms with van der Waals surface area (Å²) in [5.41, 5.74) is 1.18. The summed E-state index contributed by atoms with van der Waals surface area (Å²) in [5.74, 6) is 0. The Bertz CT molecular complexity index is 408. The Labute approximate surface area is 128 Å². The SMILES string of the molecule is COCCNCCC=CCc1ccn(C2CCCCC2)n1. The van der Waals surface area contributed by atoms with E-state index in [1.54, 1.807) is 7.11 Å². The van der Waals surface area contributed by atoms with Crippen molar-refractivity contribution in [2.24, 2.45) is 0 Å². The third-order valence-electron chi connectivity index (χ3n) is 4.08. The van der Waals surface area contributed by atoms with Crippen molar-refractivity contribution in [3.05, 3.63) is 30.1 Å². The van der Waals surface area contributed by atoms with Crippen molar-refractivity contribution in [3.8, 4) is 0 Å². The van der Waals surface area contributed by atoms with Gasteiger partial charge in [0.2, 0.25) is 0 Å². The van der Waals surface area contributed by atoms with Crippen LogP contribution in [0, 0.1) is 0 Å². The van der Waals surface area contributed by atoms with Gasteiger partial charge in [0.1, 0.15) is 0 Å². The zero-order valence-corrected chi connectivity index (χ0v) is 13.3. The van der Waals surface area contributed by atoms with E-state index in [0.717, 1.165) is 32.5 Å². The molecule has 1 N–H and O–H groups in total. The molecule has 1 fully saturated rings. The van der Waals surface area contributed by atoms with Crippen LogP contribution in [0.3, 0.4) is 0 Å². The lowest BCUT2D eigenvalue weighted by molar-refractivity contribution is 0.199. The Balaban J connectivity index is 1.63. The van der Waals surface area contributed by atoms with E-state index in [0.29, 0.717) is 6.04 Å². The topological polar surface area (TPSA) is 39.1 Å². The van der Waals surface area contributed by atoms with E-state index >= 15 is 0 Å². The zero-order chi connectivity index (χ0) is 14.8. The first-order valence-electron chi connectivity index (χ1n) is 8.29. The molecule has 118 valence electrons. The van der Waals surface area contributed by atoms with Gasteiger partial charge in [0.05, 0.1) is 18.3 Å². The standard InChI is InChI=1S/C17H29N3O/c1-21-15-13-18-12-7-3-4-8-16-11-14-20(19-16)17-9-5-2-6-10-17/h3-4,11,14,17-18H,2,5-10,12-13,15H2,1H3. The first-order valence-corrected chi connectivity index (χ1v) is 8.29. The number of rotatable bonds is 9. The third-order valence-corrected chi connectivity index (χ3v) is 4.08. The van der Waals surface area contributed by atoms with Crippen LogP contribution in [0.1, 0.15) is 50.3 Å². The minimum absolute atomic E-state index is 0.640. The summed E-state index contributed by atoms with van der Waals surface area (Å²) in [6.45, 7) is 2.72. The molecular weight excluding hydrogens is 262 g/mol. The van der Waals surface area contributed by atoms with Crippen molar-refractivity contribution in [1.82, 2.24) is 15.1 Å². The van der Waals surface area contributed by atoms with Crippen LogP contribution in [-0.4, -0.2) is 36.6 Å². The lowest BCUT2D eigenvalue weighted by Crippen LogP contribution is -2.19. The third kappa shape index (κ3) is 6.02. The molecule has 1 heterocycles. The van der Waals surface area contributed by atoms with E-state index in [1.165, 1.54) is 37.8 Å².